The number of aromatic nitrogens is 1. The van der Waals surface area contributed by atoms with Crippen molar-refractivity contribution in [2.24, 2.45) is 0 Å². The molecule has 0 saturated heterocycles. The van der Waals surface area contributed by atoms with Crippen molar-refractivity contribution in [2.75, 3.05) is 17.7 Å². The first-order valence-electron chi connectivity index (χ1n) is 10.5. The molecule has 4 rings (SSSR count). The zero-order valence-corrected chi connectivity index (χ0v) is 18.6. The van der Waals surface area contributed by atoms with E-state index in [1.165, 1.54) is 18.2 Å². The molecule has 0 bridgehead atoms. The van der Waals surface area contributed by atoms with Crippen LogP contribution >= 0.6 is 0 Å². The van der Waals surface area contributed by atoms with Crippen LogP contribution in [0.1, 0.15) is 32.0 Å². The molecule has 4 N–H and O–H groups in total. The Kier molecular flexibility index (Phi) is 6.46. The van der Waals surface area contributed by atoms with Crippen molar-refractivity contribution in [3.63, 3.8) is 0 Å². The zero-order valence-electron chi connectivity index (χ0n) is 18.6. The van der Waals surface area contributed by atoms with E-state index in [4.69, 9.17) is 10.00 Å². The number of benzene rings is 3. The first-order valence-corrected chi connectivity index (χ1v) is 10.5. The lowest BCUT2D eigenvalue weighted by molar-refractivity contribution is -0.115. The summed E-state index contributed by atoms with van der Waals surface area (Å²) in [7, 11) is 1.56. The van der Waals surface area contributed by atoms with Crippen molar-refractivity contribution < 1.29 is 24.2 Å². The summed E-state index contributed by atoms with van der Waals surface area (Å²) >= 11 is 0. The van der Waals surface area contributed by atoms with Gasteiger partial charge in [0, 0.05) is 5.39 Å². The van der Waals surface area contributed by atoms with Gasteiger partial charge >= 0.3 is 5.97 Å². The summed E-state index contributed by atoms with van der Waals surface area (Å²) in [6, 6.07) is 19.9. The number of carboxylic acids is 1. The van der Waals surface area contributed by atoms with Crippen molar-refractivity contribution in [1.82, 2.24) is 4.98 Å². The highest BCUT2D eigenvalue weighted by Gasteiger charge is 2.17. The van der Waals surface area contributed by atoms with Crippen LogP contribution in [0.4, 0.5) is 11.4 Å². The standard InChI is InChI=1S/C26H20N4O5/c1-35-18-6-2-4-15(10-18)12-23(31)28-21-7-3-5-17-13-22(29-24(17)21)25(32)30-20-9-8-16(14-27)11-19(20)26(33)34/h2-11,13,29H,12H2,1H3,(H,28,31)(H,30,32)(H,33,34). The molecular formula is C26H20N4O5. The number of aromatic amines is 1. The SMILES string of the molecule is COc1cccc(CC(=O)Nc2cccc3cc(C(=O)Nc4ccc(C#N)cc4C(=O)O)[nH]c23)c1. The van der Waals surface area contributed by atoms with Crippen LogP contribution in [-0.2, 0) is 11.2 Å². The number of ether oxygens (including phenoxy) is 1. The number of carboxylic acid groups (broad SMARTS) is 1. The van der Waals surface area contributed by atoms with Crippen molar-refractivity contribution in [3.05, 3.63) is 89.1 Å². The second kappa shape index (κ2) is 9.80. The Morgan fingerprint density at radius 1 is 1.00 bits per heavy atom. The number of nitrogens with zero attached hydrogens (tertiary/aromatic N) is 1. The Bertz CT molecular complexity index is 1500. The molecule has 0 aliphatic heterocycles. The number of fused-ring (bicyclic) bond motifs is 1. The van der Waals surface area contributed by atoms with Gasteiger partial charge in [-0.15, -0.1) is 0 Å². The van der Waals surface area contributed by atoms with E-state index in [-0.39, 0.29) is 34.8 Å². The fourth-order valence-corrected chi connectivity index (χ4v) is 3.63. The van der Waals surface area contributed by atoms with Gasteiger partial charge in [0.1, 0.15) is 11.4 Å². The topological polar surface area (TPSA) is 144 Å². The first kappa shape index (κ1) is 23.1. The third-order valence-electron chi connectivity index (χ3n) is 5.30. The molecular weight excluding hydrogens is 448 g/mol. The summed E-state index contributed by atoms with van der Waals surface area (Å²) < 4.78 is 5.19. The molecule has 0 atom stereocenters. The zero-order chi connectivity index (χ0) is 24.9. The maximum Gasteiger partial charge on any atom is 0.337 e. The molecule has 0 aliphatic carbocycles. The fraction of sp³-hybridized carbons (Fsp3) is 0.0769. The molecule has 9 heteroatoms. The smallest absolute Gasteiger partial charge is 0.337 e. The van der Waals surface area contributed by atoms with Crippen LogP contribution in [0.25, 0.3) is 10.9 Å². The van der Waals surface area contributed by atoms with E-state index < -0.39 is 11.9 Å². The number of carbonyl (C=O) groups excluding carboxylic acids is 2. The number of hydrogen-bond donors (Lipinski definition) is 4. The van der Waals surface area contributed by atoms with Gasteiger partial charge in [0.05, 0.1) is 47.6 Å². The minimum absolute atomic E-state index is 0.0620. The number of para-hydroxylation sites is 1. The van der Waals surface area contributed by atoms with Gasteiger partial charge in [-0.1, -0.05) is 24.3 Å². The van der Waals surface area contributed by atoms with Crippen molar-refractivity contribution >= 4 is 40.1 Å². The summed E-state index contributed by atoms with van der Waals surface area (Å²) in [6.45, 7) is 0. The van der Waals surface area contributed by atoms with E-state index in [2.05, 4.69) is 15.6 Å². The van der Waals surface area contributed by atoms with Crippen LogP contribution < -0.4 is 15.4 Å². The van der Waals surface area contributed by atoms with E-state index in [1.54, 1.807) is 43.5 Å². The highest BCUT2D eigenvalue weighted by molar-refractivity contribution is 6.10. The van der Waals surface area contributed by atoms with E-state index in [9.17, 15) is 19.5 Å². The van der Waals surface area contributed by atoms with E-state index in [0.29, 0.717) is 22.3 Å². The predicted octanol–water partition coefficient (Wildman–Crippen LogP) is 4.18. The summed E-state index contributed by atoms with van der Waals surface area (Å²) in [5.74, 6) is -1.42. The number of rotatable bonds is 7. The number of nitrogens with one attached hydrogen (secondary N) is 3. The third kappa shape index (κ3) is 5.12. The van der Waals surface area contributed by atoms with E-state index in [1.807, 2.05) is 18.2 Å². The average molecular weight is 468 g/mol. The number of carbonyl (C=O) groups is 3. The molecule has 0 saturated carbocycles. The van der Waals surface area contributed by atoms with Crippen molar-refractivity contribution in [3.8, 4) is 11.8 Å². The minimum atomic E-state index is -1.27. The second-order valence-corrected chi connectivity index (χ2v) is 7.66. The lowest BCUT2D eigenvalue weighted by atomic mass is 10.1. The quantitative estimate of drug-likeness (QED) is 0.320. The molecule has 0 fully saturated rings. The molecule has 2 amide bonds. The summed E-state index contributed by atoms with van der Waals surface area (Å²) in [4.78, 5) is 40.0. The molecule has 174 valence electrons. The highest BCUT2D eigenvalue weighted by Crippen LogP contribution is 2.25. The van der Waals surface area contributed by atoms with Gasteiger partial charge in [-0.3, -0.25) is 9.59 Å². The Balaban J connectivity index is 1.55. The molecule has 1 aromatic heterocycles. The summed E-state index contributed by atoms with van der Waals surface area (Å²) in [5, 5.41) is 24.5. The van der Waals surface area contributed by atoms with Gasteiger partial charge < -0.3 is 25.5 Å². The second-order valence-electron chi connectivity index (χ2n) is 7.66. The molecule has 35 heavy (non-hydrogen) atoms. The minimum Gasteiger partial charge on any atom is -0.497 e. The molecule has 3 aromatic carbocycles. The van der Waals surface area contributed by atoms with Crippen LogP contribution in [0, 0.1) is 11.3 Å². The van der Waals surface area contributed by atoms with E-state index >= 15 is 0 Å². The van der Waals surface area contributed by atoms with Crippen LogP contribution in [-0.4, -0.2) is 35.0 Å². The van der Waals surface area contributed by atoms with Gasteiger partial charge in [-0.05, 0) is 48.0 Å². The van der Waals surface area contributed by atoms with Crippen molar-refractivity contribution in [2.45, 2.75) is 6.42 Å². The fourth-order valence-electron chi connectivity index (χ4n) is 3.63. The maximum atomic E-state index is 12.8. The Hall–Kier alpha value is -5.10. The lowest BCUT2D eigenvalue weighted by Gasteiger charge is -2.08. The summed E-state index contributed by atoms with van der Waals surface area (Å²) in [6.07, 6.45) is 0.137. The normalized spacial score (nSPS) is 10.4. The molecule has 0 radical (unpaired) electrons. The summed E-state index contributed by atoms with van der Waals surface area (Å²) in [5.41, 5.74) is 2.05. The Morgan fingerprint density at radius 3 is 2.54 bits per heavy atom. The Morgan fingerprint density at radius 2 is 1.80 bits per heavy atom. The molecule has 1 heterocycles. The number of hydrogen-bond acceptors (Lipinski definition) is 5. The van der Waals surface area contributed by atoms with Crippen LogP contribution in [0.2, 0.25) is 0 Å². The van der Waals surface area contributed by atoms with Gasteiger partial charge in [-0.25, -0.2) is 4.79 Å². The van der Waals surface area contributed by atoms with Gasteiger partial charge in [0.25, 0.3) is 5.91 Å². The van der Waals surface area contributed by atoms with Gasteiger partial charge in [0.15, 0.2) is 0 Å². The number of aromatic carboxylic acids is 1. The maximum absolute atomic E-state index is 12.8. The number of amides is 2. The monoisotopic (exact) mass is 468 g/mol. The number of methoxy groups -OCH3 is 1. The highest BCUT2D eigenvalue weighted by atomic mass is 16.5. The molecule has 0 spiro atoms. The lowest BCUT2D eigenvalue weighted by Crippen LogP contribution is -2.16. The molecule has 9 nitrogen and oxygen atoms in total. The average Bonchev–Trinajstić information content (AvgIpc) is 3.30. The number of H-pyrrole nitrogens is 1. The van der Waals surface area contributed by atoms with E-state index in [0.717, 1.165) is 5.56 Å². The van der Waals surface area contributed by atoms with Crippen LogP contribution in [0.3, 0.4) is 0 Å². The van der Waals surface area contributed by atoms with Crippen molar-refractivity contribution in [1.29, 1.82) is 5.26 Å². The first-order chi connectivity index (χ1) is 16.9. The molecule has 0 unspecified atom stereocenters. The molecule has 4 aromatic rings. The third-order valence-corrected chi connectivity index (χ3v) is 5.30. The Labute approximate surface area is 200 Å². The number of nitriles is 1. The largest absolute Gasteiger partial charge is 0.497 e. The van der Waals surface area contributed by atoms with Crippen LogP contribution in [0.5, 0.6) is 5.75 Å². The number of anilines is 2. The predicted molar refractivity (Wildman–Crippen MR) is 130 cm³/mol. The molecule has 0 aliphatic rings. The van der Waals surface area contributed by atoms with Gasteiger partial charge in [-0.2, -0.15) is 5.26 Å². The van der Waals surface area contributed by atoms with Gasteiger partial charge in [0.2, 0.25) is 5.91 Å². The van der Waals surface area contributed by atoms with Crippen LogP contribution in [0.15, 0.2) is 66.7 Å².